The highest BCUT2D eigenvalue weighted by molar-refractivity contribution is 9.10. The Kier molecular flexibility index (Phi) is 4.94. The molecule has 22 heavy (non-hydrogen) atoms. The van der Waals surface area contributed by atoms with Gasteiger partial charge in [0.15, 0.2) is 0 Å². The van der Waals surface area contributed by atoms with Crippen LogP contribution in [0.15, 0.2) is 34.4 Å². The van der Waals surface area contributed by atoms with Crippen molar-refractivity contribution in [2.45, 2.75) is 0 Å². The van der Waals surface area contributed by atoms with Crippen LogP contribution >= 0.6 is 15.9 Å². The van der Waals surface area contributed by atoms with Crippen LogP contribution in [0.1, 0.15) is 10.4 Å². The second-order valence-electron chi connectivity index (χ2n) is 4.39. The minimum atomic E-state index is -0.533. The van der Waals surface area contributed by atoms with Crippen LogP contribution in [-0.4, -0.2) is 48.1 Å². The van der Waals surface area contributed by atoms with Crippen molar-refractivity contribution in [1.29, 1.82) is 0 Å². The van der Waals surface area contributed by atoms with E-state index >= 15 is 0 Å². The summed E-state index contributed by atoms with van der Waals surface area (Å²) in [5.74, 6) is -1.54. The first-order valence-electron chi connectivity index (χ1n) is 6.31. The molecule has 0 aliphatic carbocycles. The third-order valence-electron chi connectivity index (χ3n) is 2.99. The Labute approximate surface area is 134 Å². The Morgan fingerprint density at radius 2 is 2.14 bits per heavy atom. The standard InChI is InChI=1S/C14H13BrN2O5/c1-22-14(21)8-2-3-9(15)10(6-8)16-11-7-12(19)17(4-5-18)13(11)20/h2-3,6-7,16,18H,4-5H2,1H3. The molecule has 0 unspecified atom stereocenters. The van der Waals surface area contributed by atoms with Crippen LogP contribution in [-0.2, 0) is 14.3 Å². The highest BCUT2D eigenvalue weighted by atomic mass is 79.9. The maximum Gasteiger partial charge on any atom is 0.337 e. The molecule has 8 heteroatoms. The summed E-state index contributed by atoms with van der Waals surface area (Å²) in [7, 11) is 1.27. The molecule has 0 spiro atoms. The fourth-order valence-electron chi connectivity index (χ4n) is 1.92. The smallest absolute Gasteiger partial charge is 0.337 e. The van der Waals surface area contributed by atoms with Gasteiger partial charge in [-0.25, -0.2) is 4.79 Å². The van der Waals surface area contributed by atoms with Gasteiger partial charge in [0.1, 0.15) is 5.70 Å². The molecule has 7 nitrogen and oxygen atoms in total. The van der Waals surface area contributed by atoms with Crippen molar-refractivity contribution >= 4 is 39.4 Å². The van der Waals surface area contributed by atoms with E-state index in [0.29, 0.717) is 15.7 Å². The molecule has 0 aromatic heterocycles. The van der Waals surface area contributed by atoms with Gasteiger partial charge in [0.25, 0.3) is 11.8 Å². The van der Waals surface area contributed by atoms with Gasteiger partial charge < -0.3 is 15.2 Å². The number of carbonyl (C=O) groups is 3. The van der Waals surface area contributed by atoms with E-state index in [2.05, 4.69) is 26.0 Å². The molecule has 1 aromatic carbocycles. The van der Waals surface area contributed by atoms with Gasteiger partial charge in [0.05, 0.1) is 31.5 Å². The molecule has 0 atom stereocenters. The summed E-state index contributed by atoms with van der Waals surface area (Å²) in [6.07, 6.45) is 1.15. The molecule has 0 saturated carbocycles. The summed E-state index contributed by atoms with van der Waals surface area (Å²) in [6.45, 7) is -0.372. The fraction of sp³-hybridized carbons (Fsp3) is 0.214. The van der Waals surface area contributed by atoms with Gasteiger partial charge >= 0.3 is 5.97 Å². The number of anilines is 1. The Morgan fingerprint density at radius 1 is 1.41 bits per heavy atom. The van der Waals surface area contributed by atoms with Gasteiger partial charge in [0.2, 0.25) is 0 Å². The number of halogens is 1. The van der Waals surface area contributed by atoms with Gasteiger partial charge in [-0.1, -0.05) is 0 Å². The van der Waals surface area contributed by atoms with E-state index in [9.17, 15) is 14.4 Å². The molecule has 1 aromatic rings. The quantitative estimate of drug-likeness (QED) is 0.591. The summed E-state index contributed by atoms with van der Waals surface area (Å²) < 4.78 is 5.25. The molecule has 0 radical (unpaired) electrons. The third-order valence-corrected chi connectivity index (χ3v) is 3.68. The minimum Gasteiger partial charge on any atom is -0.465 e. The summed E-state index contributed by atoms with van der Waals surface area (Å²) in [6, 6.07) is 4.69. The zero-order chi connectivity index (χ0) is 16.3. The zero-order valence-corrected chi connectivity index (χ0v) is 13.2. The van der Waals surface area contributed by atoms with E-state index in [1.807, 2.05) is 0 Å². The van der Waals surface area contributed by atoms with E-state index in [1.54, 1.807) is 12.1 Å². The van der Waals surface area contributed by atoms with E-state index in [-0.39, 0.29) is 18.8 Å². The number of β-amino-alcohol motifs (C(OH)–C–C–N with tert-alkyl or cyclic N) is 1. The molecule has 116 valence electrons. The summed E-state index contributed by atoms with van der Waals surface area (Å²) in [4.78, 5) is 36.2. The molecule has 1 heterocycles. The lowest BCUT2D eigenvalue weighted by Gasteiger charge is -2.14. The Morgan fingerprint density at radius 3 is 2.77 bits per heavy atom. The fourth-order valence-corrected chi connectivity index (χ4v) is 2.27. The minimum absolute atomic E-state index is 0.0667. The van der Waals surface area contributed by atoms with Crippen LogP contribution in [0.4, 0.5) is 5.69 Å². The number of benzene rings is 1. The molecule has 2 amide bonds. The number of carbonyl (C=O) groups excluding carboxylic acids is 3. The largest absolute Gasteiger partial charge is 0.465 e. The second kappa shape index (κ2) is 6.71. The molecule has 2 N–H and O–H groups in total. The SMILES string of the molecule is COC(=O)c1ccc(Br)c(NC2=CC(=O)N(CCO)C2=O)c1. The van der Waals surface area contributed by atoms with Gasteiger partial charge in [0, 0.05) is 10.5 Å². The highest BCUT2D eigenvalue weighted by Crippen LogP contribution is 2.27. The van der Waals surface area contributed by atoms with Crippen LogP contribution in [0, 0.1) is 0 Å². The van der Waals surface area contributed by atoms with Gasteiger partial charge in [-0.05, 0) is 34.1 Å². The Hall–Kier alpha value is -2.19. The maximum atomic E-state index is 12.1. The molecule has 0 bridgehead atoms. The lowest BCUT2D eigenvalue weighted by molar-refractivity contribution is -0.137. The lowest BCUT2D eigenvalue weighted by Crippen LogP contribution is -2.34. The van der Waals surface area contributed by atoms with Crippen molar-refractivity contribution < 1.29 is 24.2 Å². The average molecular weight is 369 g/mol. The number of amides is 2. The molecular formula is C14H13BrN2O5. The number of esters is 1. The van der Waals surface area contributed by atoms with Crippen molar-refractivity contribution in [3.8, 4) is 0 Å². The number of imide groups is 1. The van der Waals surface area contributed by atoms with Crippen LogP contribution in [0.5, 0.6) is 0 Å². The first-order valence-corrected chi connectivity index (χ1v) is 7.10. The molecular weight excluding hydrogens is 356 g/mol. The second-order valence-corrected chi connectivity index (χ2v) is 5.24. The van der Waals surface area contributed by atoms with Gasteiger partial charge in [-0.3, -0.25) is 14.5 Å². The molecule has 2 rings (SSSR count). The molecule has 1 aliphatic heterocycles. The van der Waals surface area contributed by atoms with E-state index in [1.165, 1.54) is 13.2 Å². The van der Waals surface area contributed by atoms with Crippen molar-refractivity contribution in [2.75, 3.05) is 25.6 Å². The third kappa shape index (κ3) is 3.18. The summed E-state index contributed by atoms with van der Waals surface area (Å²) in [5, 5.41) is 11.7. The number of nitrogens with one attached hydrogen (secondary N) is 1. The van der Waals surface area contributed by atoms with Gasteiger partial charge in [-0.2, -0.15) is 0 Å². The average Bonchev–Trinajstić information content (AvgIpc) is 2.76. The predicted octanol–water partition coefficient (Wildman–Crippen LogP) is 0.893. The monoisotopic (exact) mass is 368 g/mol. The highest BCUT2D eigenvalue weighted by Gasteiger charge is 2.30. The summed E-state index contributed by atoms with van der Waals surface area (Å²) in [5.41, 5.74) is 0.820. The molecule has 0 saturated heterocycles. The summed E-state index contributed by atoms with van der Waals surface area (Å²) >= 11 is 3.30. The number of nitrogens with zero attached hydrogens (tertiary/aromatic N) is 1. The number of hydrogen-bond donors (Lipinski definition) is 2. The predicted molar refractivity (Wildman–Crippen MR) is 81.0 cm³/mol. The lowest BCUT2D eigenvalue weighted by atomic mass is 10.2. The normalized spacial score (nSPS) is 14.1. The molecule has 0 fully saturated rings. The van der Waals surface area contributed by atoms with E-state index < -0.39 is 17.8 Å². The van der Waals surface area contributed by atoms with Crippen LogP contribution in [0.3, 0.4) is 0 Å². The maximum absolute atomic E-state index is 12.1. The van der Waals surface area contributed by atoms with Crippen molar-refractivity contribution in [2.24, 2.45) is 0 Å². The first-order chi connectivity index (χ1) is 10.5. The Bertz CT molecular complexity index is 671. The first kappa shape index (κ1) is 16.2. The number of aliphatic hydroxyl groups is 1. The Balaban J connectivity index is 2.24. The van der Waals surface area contributed by atoms with Crippen LogP contribution < -0.4 is 5.32 Å². The zero-order valence-electron chi connectivity index (χ0n) is 11.6. The van der Waals surface area contributed by atoms with E-state index in [4.69, 9.17) is 5.11 Å². The van der Waals surface area contributed by atoms with Crippen molar-refractivity contribution in [3.63, 3.8) is 0 Å². The molecule has 1 aliphatic rings. The van der Waals surface area contributed by atoms with E-state index in [0.717, 1.165) is 11.0 Å². The van der Waals surface area contributed by atoms with Gasteiger partial charge in [-0.15, -0.1) is 0 Å². The van der Waals surface area contributed by atoms with Crippen LogP contribution in [0.25, 0.3) is 0 Å². The number of aliphatic hydroxyl groups excluding tert-OH is 1. The van der Waals surface area contributed by atoms with Crippen molar-refractivity contribution in [1.82, 2.24) is 4.90 Å². The topological polar surface area (TPSA) is 95.9 Å². The number of rotatable bonds is 5. The number of ether oxygens (including phenoxy) is 1. The van der Waals surface area contributed by atoms with Crippen molar-refractivity contribution in [3.05, 3.63) is 40.0 Å². The number of hydrogen-bond acceptors (Lipinski definition) is 6. The number of methoxy groups -OCH3 is 1. The van der Waals surface area contributed by atoms with Crippen LogP contribution in [0.2, 0.25) is 0 Å².